The van der Waals surface area contributed by atoms with Crippen molar-refractivity contribution in [3.05, 3.63) is 78.8 Å². The molecule has 2 aromatic heterocycles. The number of carbonyl (C=O) groups excluding carboxylic acids is 2. The number of hydrogen-bond donors (Lipinski definition) is 1. The molecule has 3 heterocycles. The Hall–Kier alpha value is -4.00. The van der Waals surface area contributed by atoms with Crippen LogP contribution in [0.25, 0.3) is 21.9 Å². The van der Waals surface area contributed by atoms with E-state index in [1.54, 1.807) is 10.9 Å². The second kappa shape index (κ2) is 8.86. The zero-order valence-electron chi connectivity index (χ0n) is 18.4. The number of hydrogen-bond acceptors (Lipinski definition) is 4. The van der Waals surface area contributed by atoms with Gasteiger partial charge in [0.2, 0.25) is 5.91 Å². The number of aryl methyl sites for hydroxylation is 1. The first-order valence-corrected chi connectivity index (χ1v) is 11.1. The van der Waals surface area contributed by atoms with E-state index in [-0.39, 0.29) is 17.7 Å². The quantitative estimate of drug-likeness (QED) is 0.519. The van der Waals surface area contributed by atoms with E-state index >= 15 is 0 Å². The summed E-state index contributed by atoms with van der Waals surface area (Å²) in [6.07, 6.45) is 6.87. The molecule has 1 saturated heterocycles. The van der Waals surface area contributed by atoms with Gasteiger partial charge in [-0.3, -0.25) is 14.3 Å². The number of aromatic nitrogens is 3. The summed E-state index contributed by atoms with van der Waals surface area (Å²) in [6.45, 7) is 1.15. The number of carbonyl (C=O) groups is 2. The number of piperidine rings is 1. The maximum Gasteiger partial charge on any atom is 0.253 e. The summed E-state index contributed by atoms with van der Waals surface area (Å²) in [6, 6.07) is 17.3. The maximum atomic E-state index is 12.9. The van der Waals surface area contributed by atoms with Crippen LogP contribution >= 0.6 is 0 Å². The number of nitrogens with one attached hydrogen (secondary N) is 1. The van der Waals surface area contributed by atoms with Gasteiger partial charge in [-0.05, 0) is 48.1 Å². The van der Waals surface area contributed by atoms with Gasteiger partial charge < -0.3 is 10.2 Å². The molecule has 5 rings (SSSR count). The Bertz CT molecular complexity index is 1310. The number of benzene rings is 2. The van der Waals surface area contributed by atoms with Crippen molar-refractivity contribution in [3.63, 3.8) is 0 Å². The van der Waals surface area contributed by atoms with Crippen molar-refractivity contribution in [2.75, 3.05) is 18.4 Å². The van der Waals surface area contributed by atoms with E-state index in [2.05, 4.69) is 21.5 Å². The van der Waals surface area contributed by atoms with Gasteiger partial charge in [-0.1, -0.05) is 30.3 Å². The van der Waals surface area contributed by atoms with Crippen LogP contribution in [0.1, 0.15) is 23.2 Å². The lowest BCUT2D eigenvalue weighted by Crippen LogP contribution is -2.41. The molecule has 2 amide bonds. The minimum atomic E-state index is -0.135. The number of amides is 2. The van der Waals surface area contributed by atoms with Crippen LogP contribution in [-0.4, -0.2) is 44.6 Å². The lowest BCUT2D eigenvalue weighted by atomic mass is 9.95. The third kappa shape index (κ3) is 4.48. The van der Waals surface area contributed by atoms with E-state index in [0.29, 0.717) is 37.3 Å². The Morgan fingerprint density at radius 1 is 0.939 bits per heavy atom. The molecule has 0 unspecified atom stereocenters. The van der Waals surface area contributed by atoms with E-state index in [1.165, 1.54) is 0 Å². The van der Waals surface area contributed by atoms with Crippen molar-refractivity contribution in [1.29, 1.82) is 0 Å². The molecule has 0 bridgehead atoms. The normalized spacial score (nSPS) is 14.4. The van der Waals surface area contributed by atoms with E-state index in [1.807, 2.05) is 72.9 Å². The van der Waals surface area contributed by atoms with Gasteiger partial charge in [0.25, 0.3) is 5.91 Å². The fourth-order valence-electron chi connectivity index (χ4n) is 4.30. The Labute approximate surface area is 192 Å². The molecule has 4 aromatic rings. The summed E-state index contributed by atoms with van der Waals surface area (Å²) >= 11 is 0. The largest absolute Gasteiger partial charge is 0.339 e. The third-order valence-corrected chi connectivity index (χ3v) is 6.18. The standard InChI is InChI=1S/C26H25N5O2/c1-30-17-23(16-28-30)20-7-8-21-15-27-24(14-22(21)13-20)29-25(32)18-9-11-31(12-10-18)26(33)19-5-3-2-4-6-19/h2-8,13-18H,9-12H2,1H3,(H,27,29,32). The van der Waals surface area contributed by atoms with Gasteiger partial charge in [0.05, 0.1) is 6.20 Å². The summed E-state index contributed by atoms with van der Waals surface area (Å²) in [5.41, 5.74) is 2.79. The molecule has 166 valence electrons. The molecule has 0 spiro atoms. The summed E-state index contributed by atoms with van der Waals surface area (Å²) in [7, 11) is 1.89. The molecule has 33 heavy (non-hydrogen) atoms. The molecule has 7 heteroatoms. The van der Waals surface area contributed by atoms with E-state index in [9.17, 15) is 9.59 Å². The molecule has 7 nitrogen and oxygen atoms in total. The molecule has 0 saturated carbocycles. The molecule has 2 aromatic carbocycles. The van der Waals surface area contributed by atoms with Crippen LogP contribution in [0.4, 0.5) is 5.82 Å². The number of likely N-dealkylation sites (tertiary alicyclic amines) is 1. The number of anilines is 1. The molecule has 0 atom stereocenters. The highest BCUT2D eigenvalue weighted by molar-refractivity contribution is 5.96. The molecule has 1 fully saturated rings. The van der Waals surface area contributed by atoms with Crippen LogP contribution in [0, 0.1) is 5.92 Å². The zero-order chi connectivity index (χ0) is 22.8. The molecule has 0 aliphatic carbocycles. The lowest BCUT2D eigenvalue weighted by Gasteiger charge is -2.31. The van der Waals surface area contributed by atoms with Crippen molar-refractivity contribution in [3.8, 4) is 11.1 Å². The van der Waals surface area contributed by atoms with Gasteiger partial charge in [0, 0.05) is 55.0 Å². The number of fused-ring (bicyclic) bond motifs is 1. The van der Waals surface area contributed by atoms with Crippen molar-refractivity contribution in [1.82, 2.24) is 19.7 Å². The van der Waals surface area contributed by atoms with Crippen molar-refractivity contribution >= 4 is 28.4 Å². The topological polar surface area (TPSA) is 80.1 Å². The summed E-state index contributed by atoms with van der Waals surface area (Å²) < 4.78 is 1.77. The fourth-order valence-corrected chi connectivity index (χ4v) is 4.30. The van der Waals surface area contributed by atoms with Crippen molar-refractivity contribution < 1.29 is 9.59 Å². The highest BCUT2D eigenvalue weighted by Crippen LogP contribution is 2.26. The average Bonchev–Trinajstić information content (AvgIpc) is 3.30. The summed E-state index contributed by atoms with van der Waals surface area (Å²) in [5.74, 6) is 0.384. The molecule has 1 aliphatic heterocycles. The molecular formula is C26H25N5O2. The monoisotopic (exact) mass is 439 g/mol. The van der Waals surface area contributed by atoms with Crippen molar-refractivity contribution in [2.45, 2.75) is 12.8 Å². The first-order valence-electron chi connectivity index (χ1n) is 11.1. The Balaban J connectivity index is 1.24. The van der Waals surface area contributed by atoms with Gasteiger partial charge in [0.1, 0.15) is 5.82 Å². The van der Waals surface area contributed by atoms with Gasteiger partial charge in [-0.15, -0.1) is 0 Å². The minimum Gasteiger partial charge on any atom is -0.339 e. The Morgan fingerprint density at radius 2 is 1.73 bits per heavy atom. The Kier molecular flexibility index (Phi) is 5.60. The maximum absolute atomic E-state index is 12.9. The summed E-state index contributed by atoms with van der Waals surface area (Å²) in [4.78, 5) is 31.8. The van der Waals surface area contributed by atoms with Gasteiger partial charge in [-0.2, -0.15) is 5.10 Å². The third-order valence-electron chi connectivity index (χ3n) is 6.18. The fraction of sp³-hybridized carbons (Fsp3) is 0.231. The SMILES string of the molecule is Cn1cc(-c2ccc3cnc(NC(=O)C4CCN(C(=O)c5ccccc5)CC4)cc3c2)cn1. The minimum absolute atomic E-state index is 0.0232. The van der Waals surface area contributed by atoms with Gasteiger partial charge in [0.15, 0.2) is 0 Å². The summed E-state index contributed by atoms with van der Waals surface area (Å²) in [5, 5.41) is 9.22. The lowest BCUT2D eigenvalue weighted by molar-refractivity contribution is -0.121. The smallest absolute Gasteiger partial charge is 0.253 e. The average molecular weight is 440 g/mol. The Morgan fingerprint density at radius 3 is 2.45 bits per heavy atom. The number of nitrogens with zero attached hydrogens (tertiary/aromatic N) is 4. The van der Waals surface area contributed by atoms with Gasteiger partial charge >= 0.3 is 0 Å². The van der Waals surface area contributed by atoms with Crippen LogP contribution in [0.2, 0.25) is 0 Å². The highest BCUT2D eigenvalue weighted by atomic mass is 16.2. The van der Waals surface area contributed by atoms with E-state index in [0.717, 1.165) is 21.9 Å². The van der Waals surface area contributed by atoms with E-state index < -0.39 is 0 Å². The van der Waals surface area contributed by atoms with E-state index in [4.69, 9.17) is 0 Å². The molecular weight excluding hydrogens is 414 g/mol. The van der Waals surface area contributed by atoms with Crippen LogP contribution in [0.3, 0.4) is 0 Å². The van der Waals surface area contributed by atoms with Crippen LogP contribution in [0.5, 0.6) is 0 Å². The first-order chi connectivity index (χ1) is 16.1. The zero-order valence-corrected chi connectivity index (χ0v) is 18.4. The molecule has 0 radical (unpaired) electrons. The van der Waals surface area contributed by atoms with Crippen molar-refractivity contribution in [2.24, 2.45) is 13.0 Å². The van der Waals surface area contributed by atoms with Gasteiger partial charge in [-0.25, -0.2) is 4.98 Å². The van der Waals surface area contributed by atoms with Crippen LogP contribution in [-0.2, 0) is 11.8 Å². The second-order valence-corrected chi connectivity index (χ2v) is 8.46. The number of pyridine rings is 1. The predicted molar refractivity (Wildman–Crippen MR) is 128 cm³/mol. The first kappa shape index (κ1) is 20.9. The molecule has 1 N–H and O–H groups in total. The number of rotatable bonds is 4. The van der Waals surface area contributed by atoms with Crippen LogP contribution in [0.15, 0.2) is 73.2 Å². The second-order valence-electron chi connectivity index (χ2n) is 8.46. The predicted octanol–water partition coefficient (Wildman–Crippen LogP) is 4.13. The van der Waals surface area contributed by atoms with Crippen LogP contribution < -0.4 is 5.32 Å². The highest BCUT2D eigenvalue weighted by Gasteiger charge is 2.28. The molecule has 1 aliphatic rings.